The van der Waals surface area contributed by atoms with Gasteiger partial charge in [-0.3, -0.25) is 4.79 Å². The Morgan fingerprint density at radius 2 is 1.75 bits per heavy atom. The minimum absolute atomic E-state index is 0.137. The number of hydrogen-bond acceptors (Lipinski definition) is 2. The molecule has 0 aliphatic carbocycles. The van der Waals surface area contributed by atoms with E-state index in [4.69, 9.17) is 4.74 Å². The molecule has 0 amide bonds. The van der Waals surface area contributed by atoms with Crippen molar-refractivity contribution in [3.05, 3.63) is 34.4 Å². The van der Waals surface area contributed by atoms with E-state index in [0.717, 1.165) is 5.56 Å². The van der Waals surface area contributed by atoms with Crippen LogP contribution in [0.5, 0.6) is 0 Å². The van der Waals surface area contributed by atoms with Crippen LogP contribution < -0.4 is 0 Å². The van der Waals surface area contributed by atoms with Crippen LogP contribution in [0.25, 0.3) is 0 Å². The number of ether oxygens (including phenoxy) is 1. The molecule has 1 unspecified atom stereocenters. The van der Waals surface area contributed by atoms with E-state index in [1.807, 2.05) is 0 Å². The maximum Gasteiger partial charge on any atom is 0.165 e. The largest absolute Gasteiger partial charge is 0.374 e. The zero-order chi connectivity index (χ0) is 12.3. The van der Waals surface area contributed by atoms with Gasteiger partial charge in [-0.15, -0.1) is 0 Å². The fourth-order valence-electron chi connectivity index (χ4n) is 1.94. The average Bonchev–Trinajstić information content (AvgIpc) is 2.21. The Morgan fingerprint density at radius 3 is 2.19 bits per heavy atom. The number of rotatable bonds is 4. The zero-order valence-electron chi connectivity index (χ0n) is 10.8. The molecule has 1 aromatic rings. The molecule has 2 nitrogen and oxygen atoms in total. The van der Waals surface area contributed by atoms with Crippen molar-refractivity contribution in [3.8, 4) is 0 Å². The van der Waals surface area contributed by atoms with E-state index in [2.05, 4.69) is 32.9 Å². The lowest BCUT2D eigenvalue weighted by Crippen LogP contribution is -2.21. The fourth-order valence-corrected chi connectivity index (χ4v) is 1.94. The Labute approximate surface area is 97.6 Å². The highest BCUT2D eigenvalue weighted by molar-refractivity contribution is 5.85. The van der Waals surface area contributed by atoms with Gasteiger partial charge in [0.05, 0.1) is 0 Å². The van der Waals surface area contributed by atoms with Crippen molar-refractivity contribution in [2.45, 2.75) is 40.2 Å². The molecular weight excluding hydrogens is 200 g/mol. The number of hydrogen-bond donors (Lipinski definition) is 0. The Hall–Kier alpha value is -1.15. The summed E-state index contributed by atoms with van der Waals surface area (Å²) in [5.74, 6) is 0.137. The lowest BCUT2D eigenvalue weighted by Gasteiger charge is -2.13. The molecule has 0 aliphatic rings. The molecule has 16 heavy (non-hydrogen) atoms. The second-order valence-corrected chi connectivity index (χ2v) is 4.40. The van der Waals surface area contributed by atoms with Crippen molar-refractivity contribution < 1.29 is 9.53 Å². The molecule has 0 fully saturated rings. The first-order chi connectivity index (χ1) is 7.45. The van der Waals surface area contributed by atoms with Gasteiger partial charge >= 0.3 is 0 Å². The topological polar surface area (TPSA) is 26.3 Å². The summed E-state index contributed by atoms with van der Waals surface area (Å²) in [6.07, 6.45) is 0.146. The van der Waals surface area contributed by atoms with Crippen LogP contribution >= 0.6 is 0 Å². The van der Waals surface area contributed by atoms with Gasteiger partial charge in [0.15, 0.2) is 5.78 Å². The molecule has 0 aliphatic heterocycles. The number of carbonyl (C=O) groups is 1. The van der Waals surface area contributed by atoms with Crippen LogP contribution in [0.2, 0.25) is 0 Å². The monoisotopic (exact) mass is 220 g/mol. The molecule has 2 heteroatoms. The van der Waals surface area contributed by atoms with Crippen LogP contribution in [0, 0.1) is 20.8 Å². The SMILES string of the molecule is COC(C)C(=O)Cc1c(C)cc(C)cc1C. The van der Waals surface area contributed by atoms with E-state index in [0.29, 0.717) is 6.42 Å². The van der Waals surface area contributed by atoms with E-state index in [1.165, 1.54) is 16.7 Å². The quantitative estimate of drug-likeness (QED) is 0.780. The van der Waals surface area contributed by atoms with Gasteiger partial charge in [0.2, 0.25) is 0 Å². The van der Waals surface area contributed by atoms with E-state index in [-0.39, 0.29) is 11.9 Å². The van der Waals surface area contributed by atoms with E-state index in [1.54, 1.807) is 14.0 Å². The molecule has 88 valence electrons. The second-order valence-electron chi connectivity index (χ2n) is 4.40. The van der Waals surface area contributed by atoms with Gasteiger partial charge in [0.25, 0.3) is 0 Å². The highest BCUT2D eigenvalue weighted by Crippen LogP contribution is 2.17. The molecule has 1 rings (SSSR count). The molecule has 0 bridgehead atoms. The average molecular weight is 220 g/mol. The molecular formula is C14H20O2. The molecule has 0 radical (unpaired) electrons. The first kappa shape index (κ1) is 12.9. The molecule has 1 atom stereocenters. The van der Waals surface area contributed by atoms with Crippen molar-refractivity contribution in [3.63, 3.8) is 0 Å². The molecule has 0 heterocycles. The van der Waals surface area contributed by atoms with Crippen LogP contribution in [-0.4, -0.2) is 19.0 Å². The highest BCUT2D eigenvalue weighted by atomic mass is 16.5. The normalized spacial score (nSPS) is 12.6. The Bertz CT molecular complexity index is 371. The van der Waals surface area contributed by atoms with E-state index in [9.17, 15) is 4.79 Å². The minimum atomic E-state index is -0.319. The summed E-state index contributed by atoms with van der Waals surface area (Å²) in [7, 11) is 1.57. The first-order valence-corrected chi connectivity index (χ1v) is 5.58. The lowest BCUT2D eigenvalue weighted by atomic mass is 9.95. The van der Waals surface area contributed by atoms with Crippen LogP contribution in [-0.2, 0) is 16.0 Å². The molecule has 1 aromatic carbocycles. The third-order valence-corrected chi connectivity index (χ3v) is 3.00. The number of Topliss-reactive ketones (excluding diaryl/α,β-unsaturated/α-hetero) is 1. The zero-order valence-corrected chi connectivity index (χ0v) is 10.8. The van der Waals surface area contributed by atoms with Crippen LogP contribution in [0.4, 0.5) is 0 Å². The van der Waals surface area contributed by atoms with Crippen molar-refractivity contribution in [2.24, 2.45) is 0 Å². The predicted octanol–water partition coefficient (Wildman–Crippen LogP) is 2.76. The van der Waals surface area contributed by atoms with Crippen molar-refractivity contribution >= 4 is 5.78 Å². The molecule has 0 saturated heterocycles. The Kier molecular flexibility index (Phi) is 4.25. The number of methoxy groups -OCH3 is 1. The number of aryl methyl sites for hydroxylation is 3. The third-order valence-electron chi connectivity index (χ3n) is 3.00. The van der Waals surface area contributed by atoms with Gasteiger partial charge in [0.1, 0.15) is 6.10 Å². The third kappa shape index (κ3) is 2.92. The maximum atomic E-state index is 11.8. The van der Waals surface area contributed by atoms with Crippen LogP contribution in [0.1, 0.15) is 29.2 Å². The van der Waals surface area contributed by atoms with Gasteiger partial charge in [0, 0.05) is 13.5 Å². The summed E-state index contributed by atoms with van der Waals surface area (Å²) in [4.78, 5) is 11.8. The predicted molar refractivity (Wildman–Crippen MR) is 65.8 cm³/mol. The molecule has 0 spiro atoms. The first-order valence-electron chi connectivity index (χ1n) is 5.58. The van der Waals surface area contributed by atoms with Gasteiger partial charge in [-0.2, -0.15) is 0 Å². The number of benzene rings is 1. The summed E-state index contributed by atoms with van der Waals surface area (Å²) < 4.78 is 5.04. The Morgan fingerprint density at radius 1 is 1.25 bits per heavy atom. The smallest absolute Gasteiger partial charge is 0.165 e. The van der Waals surface area contributed by atoms with Crippen molar-refractivity contribution in [2.75, 3.05) is 7.11 Å². The van der Waals surface area contributed by atoms with Gasteiger partial charge < -0.3 is 4.74 Å². The highest BCUT2D eigenvalue weighted by Gasteiger charge is 2.15. The molecule has 0 aromatic heterocycles. The van der Waals surface area contributed by atoms with Crippen LogP contribution in [0.15, 0.2) is 12.1 Å². The summed E-state index contributed by atoms with van der Waals surface area (Å²) in [6.45, 7) is 7.98. The summed E-state index contributed by atoms with van der Waals surface area (Å²) in [5, 5.41) is 0. The molecule has 0 N–H and O–H groups in total. The Balaban J connectivity index is 2.93. The van der Waals surface area contributed by atoms with E-state index >= 15 is 0 Å². The van der Waals surface area contributed by atoms with Crippen molar-refractivity contribution in [1.29, 1.82) is 0 Å². The summed E-state index contributed by atoms with van der Waals surface area (Å²) in [6, 6.07) is 4.24. The fraction of sp³-hybridized carbons (Fsp3) is 0.500. The van der Waals surface area contributed by atoms with Crippen LogP contribution in [0.3, 0.4) is 0 Å². The van der Waals surface area contributed by atoms with E-state index < -0.39 is 0 Å². The minimum Gasteiger partial charge on any atom is -0.374 e. The standard InChI is InChI=1S/C14H20O2/c1-9-6-10(2)13(11(3)7-9)8-14(15)12(4)16-5/h6-7,12H,8H2,1-5H3. The summed E-state index contributed by atoms with van der Waals surface area (Å²) >= 11 is 0. The van der Waals surface area contributed by atoms with Gasteiger partial charge in [-0.05, 0) is 44.4 Å². The maximum absolute atomic E-state index is 11.8. The second kappa shape index (κ2) is 5.26. The number of ketones is 1. The van der Waals surface area contributed by atoms with Gasteiger partial charge in [-0.25, -0.2) is 0 Å². The summed E-state index contributed by atoms with van der Waals surface area (Å²) in [5.41, 5.74) is 4.76. The van der Waals surface area contributed by atoms with Gasteiger partial charge in [-0.1, -0.05) is 17.7 Å². The molecule has 0 saturated carbocycles. The lowest BCUT2D eigenvalue weighted by molar-refractivity contribution is -0.127. The number of carbonyl (C=O) groups excluding carboxylic acids is 1. The van der Waals surface area contributed by atoms with Crippen molar-refractivity contribution in [1.82, 2.24) is 0 Å².